The van der Waals surface area contributed by atoms with E-state index >= 15 is 0 Å². The fourth-order valence-electron chi connectivity index (χ4n) is 3.28. The lowest BCUT2D eigenvalue weighted by Gasteiger charge is -2.30. The van der Waals surface area contributed by atoms with Crippen molar-refractivity contribution in [3.63, 3.8) is 0 Å². The molecule has 0 spiro atoms. The van der Waals surface area contributed by atoms with Gasteiger partial charge in [-0.2, -0.15) is 0 Å². The first-order valence-electron chi connectivity index (χ1n) is 7.79. The Morgan fingerprint density at radius 3 is 2.92 bits per heavy atom. The number of anilines is 1. The average Bonchev–Trinajstić information content (AvgIpc) is 2.63. The van der Waals surface area contributed by atoms with Gasteiger partial charge in [-0.05, 0) is 48.7 Å². The van der Waals surface area contributed by atoms with Gasteiger partial charge in [-0.25, -0.2) is 4.39 Å². The number of benzene rings is 2. The summed E-state index contributed by atoms with van der Waals surface area (Å²) in [5.74, 6) is -0.642. The van der Waals surface area contributed by atoms with E-state index < -0.39 is 5.82 Å². The topological polar surface area (TPSA) is 33.2 Å². The fourth-order valence-corrected chi connectivity index (χ4v) is 3.52. The van der Waals surface area contributed by atoms with Crippen LogP contribution >= 0.6 is 11.6 Å². The predicted molar refractivity (Wildman–Crippen MR) is 93.2 cm³/mol. The van der Waals surface area contributed by atoms with Gasteiger partial charge < -0.3 is 4.90 Å². The molecular weight excluding hydrogens is 327 g/mol. The highest BCUT2D eigenvalue weighted by molar-refractivity contribution is 6.32. The van der Waals surface area contributed by atoms with Crippen LogP contribution in [0.3, 0.4) is 0 Å². The zero-order valence-corrected chi connectivity index (χ0v) is 13.6. The van der Waals surface area contributed by atoms with E-state index in [1.54, 1.807) is 30.5 Å². The van der Waals surface area contributed by atoms with Crippen LogP contribution in [0.2, 0.25) is 5.02 Å². The number of fused-ring (bicyclic) bond motifs is 2. The van der Waals surface area contributed by atoms with Gasteiger partial charge in [0.2, 0.25) is 0 Å². The summed E-state index contributed by atoms with van der Waals surface area (Å²) >= 11 is 6.21. The first-order chi connectivity index (χ1) is 11.7. The molecule has 4 rings (SSSR count). The standard InChI is InChI=1S/C19H14ClFN2O/c20-15-8-9-16(21)18-14(15)6-3-11-23(18)19(24)13-4-1-7-17-12(13)5-2-10-22-17/h1-2,4-5,7-10H,3,6,11H2. The van der Waals surface area contributed by atoms with Crippen molar-refractivity contribution >= 4 is 34.1 Å². The van der Waals surface area contributed by atoms with Crippen molar-refractivity contribution in [1.29, 1.82) is 0 Å². The second-order valence-corrected chi connectivity index (χ2v) is 6.20. The molecule has 0 N–H and O–H groups in total. The van der Waals surface area contributed by atoms with Gasteiger partial charge in [-0.15, -0.1) is 0 Å². The molecule has 5 heteroatoms. The second-order valence-electron chi connectivity index (χ2n) is 5.79. The molecule has 1 aromatic heterocycles. The minimum absolute atomic E-state index is 0.226. The average molecular weight is 341 g/mol. The summed E-state index contributed by atoms with van der Waals surface area (Å²) in [6.45, 7) is 0.472. The quantitative estimate of drug-likeness (QED) is 0.647. The van der Waals surface area contributed by atoms with Crippen molar-refractivity contribution in [1.82, 2.24) is 4.98 Å². The molecule has 24 heavy (non-hydrogen) atoms. The largest absolute Gasteiger partial charge is 0.305 e. The Kier molecular flexibility index (Phi) is 3.69. The van der Waals surface area contributed by atoms with Crippen LogP contribution in [0.25, 0.3) is 10.9 Å². The van der Waals surface area contributed by atoms with E-state index in [4.69, 9.17) is 11.6 Å². The molecule has 0 fully saturated rings. The molecular formula is C19H14ClFN2O. The van der Waals surface area contributed by atoms with Crippen molar-refractivity contribution in [3.8, 4) is 0 Å². The molecule has 120 valence electrons. The lowest BCUT2D eigenvalue weighted by molar-refractivity contribution is 0.0985. The maximum atomic E-state index is 14.4. The normalized spacial score (nSPS) is 13.8. The summed E-state index contributed by atoms with van der Waals surface area (Å²) in [5.41, 5.74) is 2.27. The molecule has 2 aromatic carbocycles. The molecule has 3 aromatic rings. The minimum atomic E-state index is -0.416. The Morgan fingerprint density at radius 1 is 1.17 bits per heavy atom. The molecule has 0 saturated heterocycles. The SMILES string of the molecule is O=C(c1cccc2ncccc12)N1CCCc2c(Cl)ccc(F)c21. The number of rotatable bonds is 1. The molecule has 0 radical (unpaired) electrons. The summed E-state index contributed by atoms with van der Waals surface area (Å²) in [4.78, 5) is 18.9. The van der Waals surface area contributed by atoms with Crippen LogP contribution < -0.4 is 4.90 Å². The fraction of sp³-hybridized carbons (Fsp3) is 0.158. The second kappa shape index (κ2) is 5.87. The first kappa shape index (κ1) is 15.1. The maximum Gasteiger partial charge on any atom is 0.259 e. The number of pyridine rings is 1. The molecule has 0 aliphatic carbocycles. The van der Waals surface area contributed by atoms with Gasteiger partial charge in [0.25, 0.3) is 5.91 Å². The lowest BCUT2D eigenvalue weighted by atomic mass is 9.99. The summed E-state index contributed by atoms with van der Waals surface area (Å²) in [6.07, 6.45) is 3.12. The van der Waals surface area contributed by atoms with Gasteiger partial charge in [-0.1, -0.05) is 23.7 Å². The summed E-state index contributed by atoms with van der Waals surface area (Å²) < 4.78 is 14.4. The van der Waals surface area contributed by atoms with Crippen molar-refractivity contribution in [2.45, 2.75) is 12.8 Å². The summed E-state index contributed by atoms with van der Waals surface area (Å²) in [5, 5.41) is 1.27. The molecule has 0 unspecified atom stereocenters. The van der Waals surface area contributed by atoms with E-state index in [1.165, 1.54) is 11.0 Å². The highest BCUT2D eigenvalue weighted by Gasteiger charge is 2.28. The molecule has 1 aliphatic rings. The van der Waals surface area contributed by atoms with Gasteiger partial charge in [0.1, 0.15) is 5.82 Å². The number of amides is 1. The van der Waals surface area contributed by atoms with Gasteiger partial charge in [0.15, 0.2) is 0 Å². The smallest absolute Gasteiger partial charge is 0.259 e. The van der Waals surface area contributed by atoms with Gasteiger partial charge in [-0.3, -0.25) is 9.78 Å². The summed E-state index contributed by atoms with van der Waals surface area (Å²) in [6, 6.07) is 11.9. The van der Waals surface area contributed by atoms with E-state index in [-0.39, 0.29) is 5.91 Å². The molecule has 1 amide bonds. The molecule has 1 aliphatic heterocycles. The third-order valence-electron chi connectivity index (χ3n) is 4.38. The van der Waals surface area contributed by atoms with Crippen molar-refractivity contribution in [2.24, 2.45) is 0 Å². The maximum absolute atomic E-state index is 14.4. The zero-order chi connectivity index (χ0) is 16.7. The van der Waals surface area contributed by atoms with Crippen molar-refractivity contribution in [3.05, 3.63) is 70.6 Å². The van der Waals surface area contributed by atoms with Crippen LogP contribution in [-0.4, -0.2) is 17.4 Å². The summed E-state index contributed by atoms with van der Waals surface area (Å²) in [7, 11) is 0. The Balaban J connectivity index is 1.86. The van der Waals surface area contributed by atoms with Crippen molar-refractivity contribution in [2.75, 3.05) is 11.4 Å². The van der Waals surface area contributed by atoms with E-state index in [0.717, 1.165) is 17.3 Å². The number of aromatic nitrogens is 1. The van der Waals surface area contributed by atoms with Crippen molar-refractivity contribution < 1.29 is 9.18 Å². The zero-order valence-electron chi connectivity index (χ0n) is 12.8. The Bertz CT molecular complexity index is 952. The number of nitrogens with zero attached hydrogens (tertiary/aromatic N) is 2. The monoisotopic (exact) mass is 340 g/mol. The van der Waals surface area contributed by atoms with E-state index in [2.05, 4.69) is 4.98 Å². The molecule has 2 heterocycles. The highest BCUT2D eigenvalue weighted by atomic mass is 35.5. The molecule has 0 atom stereocenters. The van der Waals surface area contributed by atoms with Gasteiger partial charge in [0.05, 0.1) is 11.2 Å². The van der Waals surface area contributed by atoms with Crippen LogP contribution in [0.4, 0.5) is 10.1 Å². The van der Waals surface area contributed by atoms with Crippen LogP contribution in [-0.2, 0) is 6.42 Å². The number of hydrogen-bond acceptors (Lipinski definition) is 2. The number of halogens is 2. The van der Waals surface area contributed by atoms with Crippen LogP contribution in [0.5, 0.6) is 0 Å². The first-order valence-corrected chi connectivity index (χ1v) is 8.17. The number of carbonyl (C=O) groups excluding carboxylic acids is 1. The van der Waals surface area contributed by atoms with Crippen LogP contribution in [0.1, 0.15) is 22.3 Å². The Hall–Kier alpha value is -2.46. The molecule has 0 bridgehead atoms. The number of carbonyl (C=O) groups is 1. The molecule has 0 saturated carbocycles. The van der Waals surface area contributed by atoms with E-state index in [0.29, 0.717) is 34.8 Å². The van der Waals surface area contributed by atoms with E-state index in [9.17, 15) is 9.18 Å². The van der Waals surface area contributed by atoms with Crippen LogP contribution in [0, 0.1) is 5.82 Å². The Morgan fingerprint density at radius 2 is 2.04 bits per heavy atom. The predicted octanol–water partition coefficient (Wildman–Crippen LogP) is 4.62. The van der Waals surface area contributed by atoms with E-state index in [1.807, 2.05) is 12.1 Å². The van der Waals surface area contributed by atoms with Gasteiger partial charge >= 0.3 is 0 Å². The minimum Gasteiger partial charge on any atom is -0.305 e. The molecule has 3 nitrogen and oxygen atoms in total. The third kappa shape index (κ3) is 2.34. The van der Waals surface area contributed by atoms with Crippen LogP contribution in [0.15, 0.2) is 48.7 Å². The third-order valence-corrected chi connectivity index (χ3v) is 4.73. The highest BCUT2D eigenvalue weighted by Crippen LogP contribution is 2.36. The lowest BCUT2D eigenvalue weighted by Crippen LogP contribution is -2.36. The van der Waals surface area contributed by atoms with Gasteiger partial charge in [0, 0.05) is 28.7 Å². The Labute approximate surface area is 143 Å². The number of hydrogen-bond donors (Lipinski definition) is 0.